The van der Waals surface area contributed by atoms with Gasteiger partial charge >= 0.3 is 5.97 Å². The van der Waals surface area contributed by atoms with Crippen LogP contribution in [0.3, 0.4) is 0 Å². The number of nitrogens with one attached hydrogen (secondary N) is 1. The van der Waals surface area contributed by atoms with Gasteiger partial charge in [-0.15, -0.1) is 0 Å². The average Bonchev–Trinajstić information content (AvgIpc) is 2.70. The number of esters is 1. The largest absolute Gasteiger partial charge is 0.469 e. The summed E-state index contributed by atoms with van der Waals surface area (Å²) in [5.41, 5.74) is -0.641. The minimum absolute atomic E-state index is 0.0569. The number of amides is 2. The maximum absolute atomic E-state index is 12.6. The maximum Gasteiger partial charge on any atom is 0.313 e. The molecule has 2 amide bonds. The Balaban J connectivity index is 2.04. The first kappa shape index (κ1) is 15.8. The van der Waals surface area contributed by atoms with Crippen LogP contribution in [0.4, 0.5) is 0 Å². The molecule has 6 nitrogen and oxygen atoms in total. The summed E-state index contributed by atoms with van der Waals surface area (Å²) in [4.78, 5) is 37.8. The first-order valence-electron chi connectivity index (χ1n) is 7.63. The summed E-state index contributed by atoms with van der Waals surface area (Å²) in [5.74, 6) is -0.399. The van der Waals surface area contributed by atoms with E-state index < -0.39 is 11.5 Å². The molecule has 118 valence electrons. The van der Waals surface area contributed by atoms with Crippen LogP contribution in [0, 0.1) is 5.41 Å². The third-order valence-corrected chi connectivity index (χ3v) is 4.47. The van der Waals surface area contributed by atoms with Crippen molar-refractivity contribution >= 4 is 17.8 Å². The Morgan fingerprint density at radius 2 is 2.10 bits per heavy atom. The molecule has 2 rings (SSSR count). The Morgan fingerprint density at radius 3 is 2.81 bits per heavy atom. The van der Waals surface area contributed by atoms with Crippen molar-refractivity contribution in [2.75, 3.05) is 20.2 Å². The van der Waals surface area contributed by atoms with E-state index in [9.17, 15) is 14.4 Å². The van der Waals surface area contributed by atoms with Gasteiger partial charge in [-0.05, 0) is 32.6 Å². The molecule has 0 aliphatic carbocycles. The monoisotopic (exact) mass is 296 g/mol. The number of methoxy groups -OCH3 is 1. The van der Waals surface area contributed by atoms with Crippen LogP contribution in [0.1, 0.15) is 45.4 Å². The molecule has 0 aromatic rings. The molecular weight excluding hydrogens is 272 g/mol. The van der Waals surface area contributed by atoms with Gasteiger partial charge in [0.05, 0.1) is 12.5 Å². The summed E-state index contributed by atoms with van der Waals surface area (Å²) in [7, 11) is 1.37. The number of ether oxygens (including phenoxy) is 1. The zero-order chi connectivity index (χ0) is 15.5. The molecule has 2 fully saturated rings. The van der Waals surface area contributed by atoms with Crippen molar-refractivity contribution < 1.29 is 19.1 Å². The summed E-state index contributed by atoms with van der Waals surface area (Å²) in [6, 6.07) is -0.444. The molecule has 2 aliphatic rings. The summed E-state index contributed by atoms with van der Waals surface area (Å²) in [5, 5.41) is 2.80. The summed E-state index contributed by atoms with van der Waals surface area (Å²) >= 11 is 0. The Bertz CT molecular complexity index is 437. The van der Waals surface area contributed by atoms with Gasteiger partial charge in [0.2, 0.25) is 11.8 Å². The molecule has 0 aromatic heterocycles. The number of hydrogen-bond donors (Lipinski definition) is 1. The number of likely N-dealkylation sites (tertiary alicyclic amines) is 1. The van der Waals surface area contributed by atoms with E-state index in [4.69, 9.17) is 4.74 Å². The maximum atomic E-state index is 12.6. The van der Waals surface area contributed by atoms with E-state index in [1.54, 1.807) is 4.90 Å². The van der Waals surface area contributed by atoms with E-state index in [-0.39, 0.29) is 17.8 Å². The van der Waals surface area contributed by atoms with Crippen LogP contribution in [0.5, 0.6) is 0 Å². The van der Waals surface area contributed by atoms with Crippen LogP contribution < -0.4 is 5.32 Å². The van der Waals surface area contributed by atoms with Gasteiger partial charge in [-0.1, -0.05) is 6.42 Å². The molecule has 0 aromatic carbocycles. The minimum atomic E-state index is -0.641. The van der Waals surface area contributed by atoms with E-state index in [0.29, 0.717) is 25.9 Å². The van der Waals surface area contributed by atoms with Crippen molar-refractivity contribution in [1.82, 2.24) is 10.2 Å². The predicted octanol–water partition coefficient (Wildman–Crippen LogP) is 0.847. The van der Waals surface area contributed by atoms with Crippen LogP contribution >= 0.6 is 0 Å². The van der Waals surface area contributed by atoms with Gasteiger partial charge in [-0.25, -0.2) is 0 Å². The number of piperidine rings is 1. The summed E-state index contributed by atoms with van der Waals surface area (Å²) in [6.45, 7) is 2.84. The van der Waals surface area contributed by atoms with Gasteiger partial charge in [0.15, 0.2) is 0 Å². The molecule has 0 bridgehead atoms. The predicted molar refractivity (Wildman–Crippen MR) is 76.3 cm³/mol. The van der Waals surface area contributed by atoms with Crippen molar-refractivity contribution in [3.63, 3.8) is 0 Å². The van der Waals surface area contributed by atoms with Crippen LogP contribution in [0.2, 0.25) is 0 Å². The second-order valence-electron chi connectivity index (χ2n) is 6.28. The Hall–Kier alpha value is -1.59. The zero-order valence-electron chi connectivity index (χ0n) is 12.8. The Morgan fingerprint density at radius 1 is 1.33 bits per heavy atom. The van der Waals surface area contributed by atoms with Crippen LogP contribution in [-0.2, 0) is 19.1 Å². The van der Waals surface area contributed by atoms with Gasteiger partial charge in [-0.2, -0.15) is 0 Å². The SMILES string of the molecule is COC(=O)[C@]1(C)CCCN(C(=O)[C@H]2CCCCC(=O)N2)C1. The molecule has 2 atom stereocenters. The molecule has 0 radical (unpaired) electrons. The Labute approximate surface area is 125 Å². The molecule has 0 saturated carbocycles. The van der Waals surface area contributed by atoms with Gasteiger partial charge < -0.3 is 15.0 Å². The third kappa shape index (κ3) is 3.54. The van der Waals surface area contributed by atoms with Gasteiger partial charge in [0.1, 0.15) is 6.04 Å². The zero-order valence-corrected chi connectivity index (χ0v) is 12.8. The molecular formula is C15H24N2O4. The topological polar surface area (TPSA) is 75.7 Å². The molecule has 0 spiro atoms. The molecule has 2 heterocycles. The first-order valence-corrected chi connectivity index (χ1v) is 7.63. The lowest BCUT2D eigenvalue weighted by atomic mass is 9.81. The van der Waals surface area contributed by atoms with E-state index in [2.05, 4.69) is 5.32 Å². The van der Waals surface area contributed by atoms with Crippen molar-refractivity contribution in [3.8, 4) is 0 Å². The quantitative estimate of drug-likeness (QED) is 0.766. The fourth-order valence-electron chi connectivity index (χ4n) is 3.22. The lowest BCUT2D eigenvalue weighted by Gasteiger charge is -2.39. The lowest BCUT2D eigenvalue weighted by Crippen LogP contribution is -2.54. The highest BCUT2D eigenvalue weighted by Crippen LogP contribution is 2.31. The van der Waals surface area contributed by atoms with Gasteiger partial charge in [0, 0.05) is 19.5 Å². The average molecular weight is 296 g/mol. The standard InChI is InChI=1S/C15H24N2O4/c1-15(14(20)21-2)8-5-9-17(10-15)13(19)11-6-3-4-7-12(18)16-11/h11H,3-10H2,1-2H3,(H,16,18)/t11-,15-/m1/s1. The fraction of sp³-hybridized carbons (Fsp3) is 0.800. The van der Waals surface area contributed by atoms with E-state index in [0.717, 1.165) is 25.7 Å². The third-order valence-electron chi connectivity index (χ3n) is 4.47. The highest BCUT2D eigenvalue weighted by molar-refractivity contribution is 5.88. The molecule has 2 saturated heterocycles. The molecule has 1 N–H and O–H groups in total. The molecule has 21 heavy (non-hydrogen) atoms. The lowest BCUT2D eigenvalue weighted by molar-refractivity contribution is -0.157. The van der Waals surface area contributed by atoms with Crippen molar-refractivity contribution in [3.05, 3.63) is 0 Å². The van der Waals surface area contributed by atoms with Crippen molar-refractivity contribution in [1.29, 1.82) is 0 Å². The summed E-state index contributed by atoms with van der Waals surface area (Å²) < 4.78 is 4.86. The van der Waals surface area contributed by atoms with Crippen molar-refractivity contribution in [2.45, 2.75) is 51.5 Å². The number of rotatable bonds is 2. The Kier molecular flexibility index (Phi) is 4.85. The van der Waals surface area contributed by atoms with E-state index in [1.165, 1.54) is 7.11 Å². The second kappa shape index (κ2) is 6.45. The van der Waals surface area contributed by atoms with Crippen molar-refractivity contribution in [2.24, 2.45) is 5.41 Å². The number of nitrogens with zero attached hydrogens (tertiary/aromatic N) is 1. The highest BCUT2D eigenvalue weighted by atomic mass is 16.5. The van der Waals surface area contributed by atoms with Gasteiger partial charge in [-0.3, -0.25) is 14.4 Å². The smallest absolute Gasteiger partial charge is 0.313 e. The van der Waals surface area contributed by atoms with Crippen LogP contribution in [-0.4, -0.2) is 48.9 Å². The molecule has 6 heteroatoms. The van der Waals surface area contributed by atoms with E-state index in [1.807, 2.05) is 6.92 Å². The van der Waals surface area contributed by atoms with Crippen LogP contribution in [0.25, 0.3) is 0 Å². The summed E-state index contributed by atoms with van der Waals surface area (Å²) in [6.07, 6.45) is 4.37. The minimum Gasteiger partial charge on any atom is -0.469 e. The van der Waals surface area contributed by atoms with E-state index >= 15 is 0 Å². The molecule has 0 unspecified atom stereocenters. The van der Waals surface area contributed by atoms with Gasteiger partial charge in [0.25, 0.3) is 0 Å². The number of hydrogen-bond acceptors (Lipinski definition) is 4. The fourth-order valence-corrected chi connectivity index (χ4v) is 3.22. The number of carbonyl (C=O) groups excluding carboxylic acids is 3. The van der Waals surface area contributed by atoms with Crippen LogP contribution in [0.15, 0.2) is 0 Å². The first-order chi connectivity index (χ1) is 9.96. The second-order valence-corrected chi connectivity index (χ2v) is 6.28. The normalized spacial score (nSPS) is 30.3. The highest BCUT2D eigenvalue weighted by Gasteiger charge is 2.41. The molecule has 2 aliphatic heterocycles. The number of carbonyl (C=O) groups is 3.